The summed E-state index contributed by atoms with van der Waals surface area (Å²) in [6.07, 6.45) is 0. The van der Waals surface area contributed by atoms with E-state index in [4.69, 9.17) is 4.74 Å². The van der Waals surface area contributed by atoms with Crippen molar-refractivity contribution in [1.29, 1.82) is 0 Å². The molecule has 0 saturated carbocycles. The van der Waals surface area contributed by atoms with Crippen molar-refractivity contribution in [1.82, 2.24) is 10.2 Å². The van der Waals surface area contributed by atoms with Gasteiger partial charge < -0.3 is 20.3 Å². The molecular weight excluding hydrogens is 328 g/mol. The van der Waals surface area contributed by atoms with Crippen molar-refractivity contribution < 1.29 is 9.53 Å². The molecule has 6 heteroatoms. The van der Waals surface area contributed by atoms with Gasteiger partial charge in [0, 0.05) is 32.8 Å². The van der Waals surface area contributed by atoms with Gasteiger partial charge in [0.15, 0.2) is 5.96 Å². The fourth-order valence-electron chi connectivity index (χ4n) is 2.30. The van der Waals surface area contributed by atoms with Crippen molar-refractivity contribution in [3.8, 4) is 5.75 Å². The Bertz CT molecular complexity index is 730. The Morgan fingerprint density at radius 1 is 1.12 bits per heavy atom. The molecule has 26 heavy (non-hydrogen) atoms. The molecule has 0 unspecified atom stereocenters. The van der Waals surface area contributed by atoms with Crippen molar-refractivity contribution in [3.63, 3.8) is 0 Å². The second-order valence-electron chi connectivity index (χ2n) is 6.00. The van der Waals surface area contributed by atoms with Crippen LogP contribution in [-0.2, 0) is 11.3 Å². The number of carbonyl (C=O) groups excluding carboxylic acids is 1. The predicted octanol–water partition coefficient (Wildman–Crippen LogP) is 2.73. The molecule has 0 aliphatic heterocycles. The molecule has 6 nitrogen and oxygen atoms in total. The van der Waals surface area contributed by atoms with Crippen molar-refractivity contribution in [3.05, 3.63) is 60.2 Å². The molecule has 2 aromatic rings. The van der Waals surface area contributed by atoms with E-state index in [9.17, 15) is 4.79 Å². The summed E-state index contributed by atoms with van der Waals surface area (Å²) >= 11 is 0. The van der Waals surface area contributed by atoms with Crippen LogP contribution in [0.25, 0.3) is 0 Å². The molecule has 0 heterocycles. The van der Waals surface area contributed by atoms with E-state index in [0.717, 1.165) is 11.6 Å². The summed E-state index contributed by atoms with van der Waals surface area (Å²) < 4.78 is 5.73. The molecule has 0 atom stereocenters. The van der Waals surface area contributed by atoms with Gasteiger partial charge in [0.2, 0.25) is 5.91 Å². The van der Waals surface area contributed by atoms with Crippen LogP contribution >= 0.6 is 0 Å². The van der Waals surface area contributed by atoms with Gasteiger partial charge in [-0.05, 0) is 17.7 Å². The first-order valence-corrected chi connectivity index (χ1v) is 8.54. The second-order valence-corrected chi connectivity index (χ2v) is 6.00. The Kier molecular flexibility index (Phi) is 7.49. The summed E-state index contributed by atoms with van der Waals surface area (Å²) in [7, 11) is 3.91. The number of rotatable bonds is 7. The highest BCUT2D eigenvalue weighted by Gasteiger charge is 2.02. The minimum atomic E-state index is -0.103. The summed E-state index contributed by atoms with van der Waals surface area (Å²) in [5, 5.41) is 6.03. The Labute approximate surface area is 154 Å². The van der Waals surface area contributed by atoms with Crippen LogP contribution in [0.1, 0.15) is 12.5 Å². The third-order valence-corrected chi connectivity index (χ3v) is 3.49. The second kappa shape index (κ2) is 10.1. The Morgan fingerprint density at radius 3 is 2.58 bits per heavy atom. The number of hydrogen-bond acceptors (Lipinski definition) is 3. The van der Waals surface area contributed by atoms with Gasteiger partial charge in [-0.1, -0.05) is 36.4 Å². The topological polar surface area (TPSA) is 66.0 Å². The fraction of sp³-hybridized carbons (Fsp3) is 0.300. The van der Waals surface area contributed by atoms with Crippen LogP contribution in [0.4, 0.5) is 5.69 Å². The number of benzene rings is 2. The van der Waals surface area contributed by atoms with Crippen molar-refractivity contribution in [2.75, 3.05) is 32.6 Å². The van der Waals surface area contributed by atoms with Crippen LogP contribution in [0.5, 0.6) is 5.75 Å². The molecule has 0 fully saturated rings. The highest BCUT2D eigenvalue weighted by Crippen LogP contribution is 2.17. The lowest BCUT2D eigenvalue weighted by molar-refractivity contribution is -0.114. The van der Waals surface area contributed by atoms with Gasteiger partial charge in [0.25, 0.3) is 0 Å². The molecule has 1 amide bonds. The summed E-state index contributed by atoms with van der Waals surface area (Å²) in [4.78, 5) is 17.7. The monoisotopic (exact) mass is 354 g/mol. The Balaban J connectivity index is 1.82. The first kappa shape index (κ1) is 19.3. The maximum Gasteiger partial charge on any atom is 0.221 e. The summed E-state index contributed by atoms with van der Waals surface area (Å²) in [5.41, 5.74) is 1.89. The van der Waals surface area contributed by atoms with Crippen LogP contribution in [0.3, 0.4) is 0 Å². The summed E-state index contributed by atoms with van der Waals surface area (Å²) in [5.74, 6) is 1.42. The summed E-state index contributed by atoms with van der Waals surface area (Å²) in [6, 6.07) is 17.5. The lowest BCUT2D eigenvalue weighted by Gasteiger charge is -2.18. The third kappa shape index (κ3) is 6.84. The molecule has 2 rings (SSSR count). The van der Waals surface area contributed by atoms with E-state index in [1.807, 2.05) is 55.4 Å². The van der Waals surface area contributed by atoms with Gasteiger partial charge in [-0.3, -0.25) is 4.79 Å². The fourth-order valence-corrected chi connectivity index (χ4v) is 2.30. The molecule has 0 aliphatic carbocycles. The SMILES string of the molecule is CC(=O)Nc1cccc(OCCNC(=NCc2ccccc2)N(C)C)c1. The van der Waals surface area contributed by atoms with Gasteiger partial charge in [-0.25, -0.2) is 4.99 Å². The normalized spacial score (nSPS) is 11.0. The largest absolute Gasteiger partial charge is 0.492 e. The first-order valence-electron chi connectivity index (χ1n) is 8.54. The molecule has 0 radical (unpaired) electrons. The van der Waals surface area contributed by atoms with Gasteiger partial charge >= 0.3 is 0 Å². The zero-order valence-corrected chi connectivity index (χ0v) is 15.5. The number of aliphatic imine (C=N–C) groups is 1. The van der Waals surface area contributed by atoms with Gasteiger partial charge in [-0.2, -0.15) is 0 Å². The van der Waals surface area contributed by atoms with Crippen LogP contribution in [0.2, 0.25) is 0 Å². The third-order valence-electron chi connectivity index (χ3n) is 3.49. The average Bonchev–Trinajstić information content (AvgIpc) is 2.61. The molecule has 2 N–H and O–H groups in total. The zero-order chi connectivity index (χ0) is 18.8. The van der Waals surface area contributed by atoms with Gasteiger partial charge in [0.1, 0.15) is 12.4 Å². The standard InChI is InChI=1S/C20H26N4O2/c1-16(25)23-18-10-7-11-19(14-18)26-13-12-21-20(24(2)3)22-15-17-8-5-4-6-9-17/h4-11,14H,12-13,15H2,1-3H3,(H,21,22)(H,23,25). The Hall–Kier alpha value is -3.02. The number of anilines is 1. The van der Waals surface area contributed by atoms with E-state index in [2.05, 4.69) is 27.8 Å². The van der Waals surface area contributed by atoms with Crippen LogP contribution in [-0.4, -0.2) is 44.0 Å². The van der Waals surface area contributed by atoms with E-state index in [0.29, 0.717) is 25.4 Å². The van der Waals surface area contributed by atoms with Crippen LogP contribution in [0.15, 0.2) is 59.6 Å². The lowest BCUT2D eigenvalue weighted by atomic mass is 10.2. The minimum Gasteiger partial charge on any atom is -0.492 e. The highest BCUT2D eigenvalue weighted by molar-refractivity contribution is 5.88. The Morgan fingerprint density at radius 2 is 1.88 bits per heavy atom. The van der Waals surface area contributed by atoms with E-state index in [1.54, 1.807) is 6.07 Å². The molecule has 2 aromatic carbocycles. The number of nitrogens with zero attached hydrogens (tertiary/aromatic N) is 2. The predicted molar refractivity (Wildman–Crippen MR) is 106 cm³/mol. The van der Waals surface area contributed by atoms with Crippen LogP contribution in [0, 0.1) is 0 Å². The molecule has 0 saturated heterocycles. The maximum atomic E-state index is 11.1. The molecule has 0 aliphatic rings. The molecular formula is C20H26N4O2. The van der Waals surface area contributed by atoms with Crippen molar-refractivity contribution in [2.24, 2.45) is 4.99 Å². The molecule has 138 valence electrons. The summed E-state index contributed by atoms with van der Waals surface area (Å²) in [6.45, 7) is 3.22. The number of nitrogens with one attached hydrogen (secondary N) is 2. The van der Waals surface area contributed by atoms with Gasteiger partial charge in [0.05, 0.1) is 13.1 Å². The molecule has 0 aromatic heterocycles. The van der Waals surface area contributed by atoms with Crippen molar-refractivity contribution in [2.45, 2.75) is 13.5 Å². The number of guanidine groups is 1. The number of amides is 1. The van der Waals surface area contributed by atoms with E-state index in [1.165, 1.54) is 12.5 Å². The maximum absolute atomic E-state index is 11.1. The van der Waals surface area contributed by atoms with E-state index >= 15 is 0 Å². The number of ether oxygens (including phenoxy) is 1. The molecule has 0 spiro atoms. The van der Waals surface area contributed by atoms with Crippen LogP contribution < -0.4 is 15.4 Å². The van der Waals surface area contributed by atoms with Crippen molar-refractivity contribution >= 4 is 17.6 Å². The smallest absolute Gasteiger partial charge is 0.221 e. The van der Waals surface area contributed by atoms with Gasteiger partial charge in [-0.15, -0.1) is 0 Å². The average molecular weight is 354 g/mol. The first-order chi connectivity index (χ1) is 12.5. The van der Waals surface area contributed by atoms with E-state index < -0.39 is 0 Å². The highest BCUT2D eigenvalue weighted by atomic mass is 16.5. The van der Waals surface area contributed by atoms with E-state index in [-0.39, 0.29) is 5.91 Å². The molecule has 0 bridgehead atoms. The number of carbonyl (C=O) groups is 1. The lowest BCUT2D eigenvalue weighted by Crippen LogP contribution is -2.38. The zero-order valence-electron chi connectivity index (χ0n) is 15.5. The quantitative estimate of drug-likeness (QED) is 0.456. The number of hydrogen-bond donors (Lipinski definition) is 2. The minimum absolute atomic E-state index is 0.103.